The molecule has 1 aliphatic heterocycles. The van der Waals surface area contributed by atoms with Crippen LogP contribution in [-0.4, -0.2) is 54.3 Å². The van der Waals surface area contributed by atoms with E-state index >= 15 is 0 Å². The van der Waals surface area contributed by atoms with Gasteiger partial charge >= 0.3 is 0 Å². The van der Waals surface area contributed by atoms with Gasteiger partial charge in [-0.1, -0.05) is 46.3 Å². The summed E-state index contributed by atoms with van der Waals surface area (Å²) in [5, 5.41) is 9.78. The summed E-state index contributed by atoms with van der Waals surface area (Å²) in [5.41, 5.74) is 1.41. The molecule has 20 heavy (non-hydrogen) atoms. The summed E-state index contributed by atoms with van der Waals surface area (Å²) in [6, 6.07) is 10.7. The number of alkyl halides is 1. The van der Waals surface area contributed by atoms with Crippen molar-refractivity contribution in [3.63, 3.8) is 0 Å². The molecule has 1 aromatic carbocycles. The molecule has 1 saturated heterocycles. The number of rotatable bonds is 7. The highest BCUT2D eigenvalue weighted by molar-refractivity contribution is 9.09. The molecule has 0 bridgehead atoms. The summed E-state index contributed by atoms with van der Waals surface area (Å²) in [6.45, 7) is 3.87. The lowest BCUT2D eigenvalue weighted by molar-refractivity contribution is -0.00826. The molecule has 1 fully saturated rings. The van der Waals surface area contributed by atoms with Crippen LogP contribution >= 0.6 is 15.9 Å². The molecular weight excluding hydrogens is 318 g/mol. The van der Waals surface area contributed by atoms with Gasteiger partial charge in [0.25, 0.3) is 0 Å². The molecular formula is C16H24BrNO2. The van der Waals surface area contributed by atoms with E-state index in [0.29, 0.717) is 18.6 Å². The van der Waals surface area contributed by atoms with Gasteiger partial charge in [-0.2, -0.15) is 0 Å². The molecule has 0 saturated carbocycles. The number of aliphatic hydroxyl groups is 1. The molecule has 0 aromatic heterocycles. The third kappa shape index (κ3) is 4.85. The quantitative estimate of drug-likeness (QED) is 0.774. The Morgan fingerprint density at radius 3 is 2.55 bits per heavy atom. The highest BCUT2D eigenvalue weighted by Gasteiger charge is 2.22. The van der Waals surface area contributed by atoms with Gasteiger partial charge in [0.15, 0.2) is 0 Å². The Bertz CT molecular complexity index is 366. The largest absolute Gasteiger partial charge is 0.394 e. The number of aliphatic hydroxyl groups excluding tert-OH is 1. The van der Waals surface area contributed by atoms with Crippen LogP contribution in [0.3, 0.4) is 0 Å². The molecule has 3 nitrogen and oxygen atoms in total. The lowest BCUT2D eigenvalue weighted by atomic mass is 9.99. The highest BCUT2D eigenvalue weighted by atomic mass is 79.9. The van der Waals surface area contributed by atoms with Crippen molar-refractivity contribution >= 4 is 15.9 Å². The summed E-state index contributed by atoms with van der Waals surface area (Å²) in [5.74, 6) is 0.547. The molecule has 0 amide bonds. The van der Waals surface area contributed by atoms with E-state index in [0.717, 1.165) is 37.8 Å². The highest BCUT2D eigenvalue weighted by Crippen LogP contribution is 2.22. The van der Waals surface area contributed by atoms with Crippen molar-refractivity contribution in [2.24, 2.45) is 0 Å². The molecule has 0 aliphatic carbocycles. The fourth-order valence-corrected chi connectivity index (χ4v) is 3.34. The van der Waals surface area contributed by atoms with Crippen molar-refractivity contribution in [2.75, 3.05) is 38.2 Å². The second-order valence-corrected chi connectivity index (χ2v) is 6.00. The number of halogens is 1. The first kappa shape index (κ1) is 16.0. The number of hydrogen-bond donors (Lipinski definition) is 1. The maximum absolute atomic E-state index is 8.79. The number of piperidine rings is 1. The van der Waals surface area contributed by atoms with E-state index in [1.807, 2.05) is 0 Å². The summed E-state index contributed by atoms with van der Waals surface area (Å²) in [7, 11) is 0. The first-order valence-corrected chi connectivity index (χ1v) is 8.51. The van der Waals surface area contributed by atoms with Crippen molar-refractivity contribution in [1.82, 2.24) is 4.90 Å². The van der Waals surface area contributed by atoms with Crippen LogP contribution in [0.15, 0.2) is 30.3 Å². The third-order valence-electron chi connectivity index (χ3n) is 3.92. The number of nitrogens with zero attached hydrogens (tertiary/aromatic N) is 1. The van der Waals surface area contributed by atoms with Crippen LogP contribution < -0.4 is 0 Å². The van der Waals surface area contributed by atoms with Gasteiger partial charge in [0.1, 0.15) is 0 Å². The summed E-state index contributed by atoms with van der Waals surface area (Å²) < 4.78 is 5.61. The Kier molecular flexibility index (Phi) is 7.00. The Balaban J connectivity index is 1.79. The van der Waals surface area contributed by atoms with Gasteiger partial charge in [-0.05, 0) is 18.4 Å². The van der Waals surface area contributed by atoms with E-state index in [1.54, 1.807) is 0 Å². The van der Waals surface area contributed by atoms with Crippen molar-refractivity contribution in [1.29, 1.82) is 0 Å². The van der Waals surface area contributed by atoms with Crippen molar-refractivity contribution in [2.45, 2.75) is 24.9 Å². The molecule has 1 atom stereocenters. The first-order chi connectivity index (χ1) is 9.83. The van der Waals surface area contributed by atoms with Gasteiger partial charge in [-0.15, -0.1) is 0 Å². The SMILES string of the molecule is OCCOC1CCN(CC(CBr)c2ccccc2)CC1. The van der Waals surface area contributed by atoms with E-state index in [2.05, 4.69) is 51.2 Å². The van der Waals surface area contributed by atoms with E-state index < -0.39 is 0 Å². The van der Waals surface area contributed by atoms with Gasteiger partial charge in [-0.3, -0.25) is 0 Å². The molecule has 1 unspecified atom stereocenters. The van der Waals surface area contributed by atoms with Crippen molar-refractivity contribution in [3.8, 4) is 0 Å². The van der Waals surface area contributed by atoms with E-state index in [1.165, 1.54) is 5.56 Å². The predicted octanol–water partition coefficient (Wildman–Crippen LogP) is 2.64. The monoisotopic (exact) mass is 341 g/mol. The fraction of sp³-hybridized carbons (Fsp3) is 0.625. The smallest absolute Gasteiger partial charge is 0.0701 e. The Hall–Kier alpha value is -0.420. The van der Waals surface area contributed by atoms with Crippen LogP contribution in [0.25, 0.3) is 0 Å². The second-order valence-electron chi connectivity index (χ2n) is 5.36. The molecule has 1 heterocycles. The molecule has 112 valence electrons. The van der Waals surface area contributed by atoms with Crippen molar-refractivity contribution < 1.29 is 9.84 Å². The average Bonchev–Trinajstić information content (AvgIpc) is 2.52. The second kappa shape index (κ2) is 8.78. The Labute approximate surface area is 130 Å². The number of hydrogen-bond acceptors (Lipinski definition) is 3. The first-order valence-electron chi connectivity index (χ1n) is 7.39. The normalized spacial score (nSPS) is 19.1. The van der Waals surface area contributed by atoms with Gasteiger partial charge in [0, 0.05) is 30.9 Å². The molecule has 1 aromatic rings. The van der Waals surface area contributed by atoms with Crippen LogP contribution in [-0.2, 0) is 4.74 Å². The topological polar surface area (TPSA) is 32.7 Å². The molecule has 0 spiro atoms. The summed E-state index contributed by atoms with van der Waals surface area (Å²) in [4.78, 5) is 2.53. The number of ether oxygens (including phenoxy) is 1. The zero-order valence-corrected chi connectivity index (χ0v) is 13.5. The van der Waals surface area contributed by atoms with Gasteiger partial charge in [0.05, 0.1) is 19.3 Å². The molecule has 4 heteroatoms. The lowest BCUT2D eigenvalue weighted by Gasteiger charge is -2.34. The molecule has 2 rings (SSSR count). The maximum Gasteiger partial charge on any atom is 0.0701 e. The van der Waals surface area contributed by atoms with E-state index in [4.69, 9.17) is 9.84 Å². The van der Waals surface area contributed by atoms with Gasteiger partial charge in [-0.25, -0.2) is 0 Å². The van der Waals surface area contributed by atoms with Crippen molar-refractivity contribution in [3.05, 3.63) is 35.9 Å². The fourth-order valence-electron chi connectivity index (χ4n) is 2.76. The minimum Gasteiger partial charge on any atom is -0.394 e. The molecule has 1 aliphatic rings. The zero-order valence-electron chi connectivity index (χ0n) is 11.9. The van der Waals surface area contributed by atoms with E-state index in [9.17, 15) is 0 Å². The molecule has 1 N–H and O–H groups in total. The summed E-state index contributed by atoms with van der Waals surface area (Å²) in [6.07, 6.45) is 2.48. The van der Waals surface area contributed by atoms with Crippen LogP contribution in [0.5, 0.6) is 0 Å². The lowest BCUT2D eigenvalue weighted by Crippen LogP contribution is -2.39. The third-order valence-corrected chi connectivity index (χ3v) is 4.70. The number of benzene rings is 1. The molecule has 0 radical (unpaired) electrons. The average molecular weight is 342 g/mol. The number of likely N-dealkylation sites (tertiary alicyclic amines) is 1. The Morgan fingerprint density at radius 1 is 1.25 bits per heavy atom. The zero-order chi connectivity index (χ0) is 14.2. The van der Waals surface area contributed by atoms with Gasteiger partial charge in [0.2, 0.25) is 0 Å². The minimum absolute atomic E-state index is 0.125. The summed E-state index contributed by atoms with van der Waals surface area (Å²) >= 11 is 3.65. The minimum atomic E-state index is 0.125. The Morgan fingerprint density at radius 2 is 1.95 bits per heavy atom. The standard InChI is InChI=1S/C16H24BrNO2/c17-12-15(14-4-2-1-3-5-14)13-18-8-6-16(7-9-18)20-11-10-19/h1-5,15-16,19H,6-13H2. The van der Waals surface area contributed by atoms with Crippen LogP contribution in [0, 0.1) is 0 Å². The predicted molar refractivity (Wildman–Crippen MR) is 85.5 cm³/mol. The van der Waals surface area contributed by atoms with Crippen LogP contribution in [0.2, 0.25) is 0 Å². The maximum atomic E-state index is 8.79. The van der Waals surface area contributed by atoms with Gasteiger partial charge < -0.3 is 14.7 Å². The van der Waals surface area contributed by atoms with Crippen LogP contribution in [0.4, 0.5) is 0 Å². The van der Waals surface area contributed by atoms with E-state index in [-0.39, 0.29) is 6.61 Å². The van der Waals surface area contributed by atoms with Crippen LogP contribution in [0.1, 0.15) is 24.3 Å².